The minimum Gasteiger partial charge on any atom is -0.364 e. The minimum atomic E-state index is -3.66. The number of hydrogen-bond donors (Lipinski definition) is 0. The highest BCUT2D eigenvalue weighted by Gasteiger charge is 2.35. The number of carbonyl (C=O) groups excluding carboxylic acids is 2. The van der Waals surface area contributed by atoms with Gasteiger partial charge in [-0.2, -0.15) is 0 Å². The van der Waals surface area contributed by atoms with Crippen molar-refractivity contribution in [2.45, 2.75) is 46.0 Å². The number of hydrogen-bond acceptors (Lipinski definition) is 10. The second-order valence-corrected chi connectivity index (χ2v) is 14.8. The SMILES string of the molecule is O=C(/C=C/C(=O)ON1CCCC(S(=O)(=O)c2ccc(Cl)cc2)C1)ON1CCCC(S(=O)(=O)c2ccc(Cl)cc2)C1. The van der Waals surface area contributed by atoms with Crippen molar-refractivity contribution in [3.05, 3.63) is 70.7 Å². The minimum absolute atomic E-state index is 0.0216. The van der Waals surface area contributed by atoms with E-state index in [4.69, 9.17) is 32.9 Å². The van der Waals surface area contributed by atoms with Crippen molar-refractivity contribution in [2.24, 2.45) is 0 Å². The highest BCUT2D eigenvalue weighted by atomic mass is 35.5. The first-order chi connectivity index (χ1) is 18.9. The molecule has 0 aromatic heterocycles. The third-order valence-electron chi connectivity index (χ3n) is 6.64. The summed E-state index contributed by atoms with van der Waals surface area (Å²) in [7, 11) is -7.32. The molecule has 2 unspecified atom stereocenters. The Morgan fingerprint density at radius 3 is 1.38 bits per heavy atom. The largest absolute Gasteiger partial charge is 0.364 e. The van der Waals surface area contributed by atoms with E-state index >= 15 is 0 Å². The quantitative estimate of drug-likeness (QED) is 0.399. The van der Waals surface area contributed by atoms with Gasteiger partial charge in [0.25, 0.3) is 0 Å². The van der Waals surface area contributed by atoms with Gasteiger partial charge in [-0.05, 0) is 74.2 Å². The van der Waals surface area contributed by atoms with Crippen LogP contribution in [0.1, 0.15) is 25.7 Å². The Balaban J connectivity index is 1.28. The Kier molecular flexibility index (Phi) is 9.91. The molecular formula is C26H28Cl2N2O8S2. The molecule has 0 N–H and O–H groups in total. The lowest BCUT2D eigenvalue weighted by Crippen LogP contribution is -2.43. The fourth-order valence-corrected chi connectivity index (χ4v) is 8.30. The van der Waals surface area contributed by atoms with Gasteiger partial charge < -0.3 is 9.68 Å². The van der Waals surface area contributed by atoms with Crippen molar-refractivity contribution < 1.29 is 36.1 Å². The molecule has 0 radical (unpaired) electrons. The van der Waals surface area contributed by atoms with Gasteiger partial charge in [0.15, 0.2) is 19.7 Å². The lowest BCUT2D eigenvalue weighted by molar-refractivity contribution is -0.190. The number of sulfone groups is 2. The average molecular weight is 632 g/mol. The Morgan fingerprint density at radius 2 is 1.02 bits per heavy atom. The molecule has 4 rings (SSSR count). The van der Waals surface area contributed by atoms with E-state index in [1.54, 1.807) is 0 Å². The van der Waals surface area contributed by atoms with Gasteiger partial charge in [0.1, 0.15) is 0 Å². The van der Waals surface area contributed by atoms with E-state index in [0.717, 1.165) is 12.2 Å². The van der Waals surface area contributed by atoms with Crippen LogP contribution in [0.3, 0.4) is 0 Å². The normalized spacial score (nSPS) is 21.2. The highest BCUT2D eigenvalue weighted by Crippen LogP contribution is 2.26. The molecule has 2 aliphatic heterocycles. The van der Waals surface area contributed by atoms with Crippen molar-refractivity contribution in [1.82, 2.24) is 10.1 Å². The summed E-state index contributed by atoms with van der Waals surface area (Å²) >= 11 is 11.7. The van der Waals surface area contributed by atoms with Crippen molar-refractivity contribution in [1.29, 1.82) is 0 Å². The predicted molar refractivity (Wildman–Crippen MR) is 148 cm³/mol. The first-order valence-electron chi connectivity index (χ1n) is 12.6. The number of carbonyl (C=O) groups is 2. The summed E-state index contributed by atoms with van der Waals surface area (Å²) in [5.74, 6) is -1.74. The summed E-state index contributed by atoms with van der Waals surface area (Å²) in [6, 6.07) is 11.8. The van der Waals surface area contributed by atoms with E-state index in [-0.39, 0.29) is 22.9 Å². The van der Waals surface area contributed by atoms with Gasteiger partial charge >= 0.3 is 11.9 Å². The van der Waals surface area contributed by atoms with Crippen molar-refractivity contribution in [2.75, 3.05) is 26.2 Å². The molecule has 40 heavy (non-hydrogen) atoms. The molecule has 14 heteroatoms. The average Bonchev–Trinajstić information content (AvgIpc) is 2.93. The lowest BCUT2D eigenvalue weighted by atomic mass is 10.2. The van der Waals surface area contributed by atoms with Crippen LogP contribution >= 0.6 is 23.2 Å². The number of nitrogens with zero attached hydrogens (tertiary/aromatic N) is 2. The van der Waals surface area contributed by atoms with Crippen molar-refractivity contribution >= 4 is 54.8 Å². The Morgan fingerprint density at radius 1 is 0.675 bits per heavy atom. The van der Waals surface area contributed by atoms with Crippen LogP contribution in [0.25, 0.3) is 0 Å². The molecule has 216 valence electrons. The van der Waals surface area contributed by atoms with Gasteiger partial charge in [-0.3, -0.25) is 0 Å². The number of halogens is 2. The van der Waals surface area contributed by atoms with Gasteiger partial charge in [0.2, 0.25) is 0 Å². The Hall–Kier alpha value is -2.48. The Bertz CT molecular complexity index is 1350. The molecule has 2 aromatic rings. The number of hydroxylamine groups is 4. The summed E-state index contributed by atoms with van der Waals surface area (Å²) in [6.07, 6.45) is 3.56. The van der Waals surface area contributed by atoms with Crippen LogP contribution < -0.4 is 0 Å². The molecular weight excluding hydrogens is 603 g/mol. The second-order valence-electron chi connectivity index (χ2n) is 9.46. The predicted octanol–water partition coefficient (Wildman–Crippen LogP) is 3.64. The zero-order valence-corrected chi connectivity index (χ0v) is 24.5. The maximum Gasteiger partial charge on any atom is 0.349 e. The second kappa shape index (κ2) is 13.0. The fraction of sp³-hybridized carbons (Fsp3) is 0.385. The number of rotatable bonds is 8. The van der Waals surface area contributed by atoms with E-state index in [0.29, 0.717) is 48.8 Å². The molecule has 0 bridgehead atoms. The van der Waals surface area contributed by atoms with Crippen LogP contribution in [0.5, 0.6) is 0 Å². The summed E-state index contributed by atoms with van der Waals surface area (Å²) in [4.78, 5) is 35.4. The third-order valence-corrected chi connectivity index (χ3v) is 11.5. The smallest absolute Gasteiger partial charge is 0.349 e. The van der Waals surface area contributed by atoms with Crippen LogP contribution in [0.15, 0.2) is 70.5 Å². The van der Waals surface area contributed by atoms with E-state index in [9.17, 15) is 26.4 Å². The number of piperidine rings is 2. The lowest BCUT2D eigenvalue weighted by Gasteiger charge is -2.30. The van der Waals surface area contributed by atoms with Crippen LogP contribution in [0.4, 0.5) is 0 Å². The van der Waals surface area contributed by atoms with Gasteiger partial charge in [0.05, 0.1) is 33.4 Å². The molecule has 2 heterocycles. The molecule has 0 saturated carbocycles. The topological polar surface area (TPSA) is 127 Å². The van der Waals surface area contributed by atoms with E-state index < -0.39 is 42.1 Å². The highest BCUT2D eigenvalue weighted by molar-refractivity contribution is 7.92. The van der Waals surface area contributed by atoms with Crippen molar-refractivity contribution in [3.63, 3.8) is 0 Å². The standard InChI is InChI=1S/C26H28Cl2N2O8S2/c27-19-5-9-21(10-6-19)39(33,34)23-3-1-15-29(17-23)37-25(31)13-14-26(32)38-30-16-2-4-24(18-30)40(35,36)22-11-7-20(28)8-12-22/h5-14,23-24H,1-4,15-18H2/b14-13+. The van der Waals surface area contributed by atoms with Crippen LogP contribution in [0.2, 0.25) is 10.0 Å². The maximum atomic E-state index is 13.0. The third kappa shape index (κ3) is 7.62. The number of benzene rings is 2. The van der Waals surface area contributed by atoms with Crippen LogP contribution in [0, 0.1) is 0 Å². The zero-order valence-electron chi connectivity index (χ0n) is 21.3. The van der Waals surface area contributed by atoms with E-state index in [2.05, 4.69) is 0 Å². The van der Waals surface area contributed by atoms with E-state index in [1.165, 1.54) is 58.7 Å². The Labute approximate surface area is 243 Å². The first kappa shape index (κ1) is 30.5. The van der Waals surface area contributed by atoms with Gasteiger partial charge in [-0.25, -0.2) is 26.4 Å². The molecule has 10 nitrogen and oxygen atoms in total. The van der Waals surface area contributed by atoms with Gasteiger partial charge in [-0.15, -0.1) is 10.1 Å². The molecule has 2 aliphatic rings. The first-order valence-corrected chi connectivity index (χ1v) is 16.4. The fourth-order valence-electron chi connectivity index (χ4n) is 4.57. The summed E-state index contributed by atoms with van der Waals surface area (Å²) in [6.45, 7) is 0.639. The summed E-state index contributed by atoms with van der Waals surface area (Å²) in [5.41, 5.74) is 0. The van der Waals surface area contributed by atoms with Crippen LogP contribution in [-0.2, 0) is 38.9 Å². The molecule has 2 saturated heterocycles. The van der Waals surface area contributed by atoms with Crippen LogP contribution in [-0.4, -0.2) is 75.6 Å². The summed E-state index contributed by atoms with van der Waals surface area (Å²) in [5, 5.41) is 1.81. The zero-order chi connectivity index (χ0) is 28.9. The molecule has 0 aliphatic carbocycles. The summed E-state index contributed by atoms with van der Waals surface area (Å²) < 4.78 is 51.9. The molecule has 2 fully saturated rings. The monoisotopic (exact) mass is 630 g/mol. The molecule has 2 atom stereocenters. The molecule has 0 spiro atoms. The van der Waals surface area contributed by atoms with E-state index in [1.807, 2.05) is 0 Å². The van der Waals surface area contributed by atoms with Gasteiger partial charge in [-0.1, -0.05) is 23.2 Å². The molecule has 0 amide bonds. The maximum absolute atomic E-state index is 13.0. The van der Waals surface area contributed by atoms with Crippen molar-refractivity contribution in [3.8, 4) is 0 Å². The molecule has 2 aromatic carbocycles. The van der Waals surface area contributed by atoms with Gasteiger partial charge in [0, 0.05) is 35.3 Å².